The van der Waals surface area contributed by atoms with Crippen LogP contribution >= 0.6 is 0 Å². The number of rotatable bonds is 6. The van der Waals surface area contributed by atoms with Gasteiger partial charge in [0.15, 0.2) is 0 Å². The van der Waals surface area contributed by atoms with Crippen molar-refractivity contribution in [1.29, 1.82) is 0 Å². The first kappa shape index (κ1) is 15.9. The van der Waals surface area contributed by atoms with Crippen molar-refractivity contribution in [3.63, 3.8) is 0 Å². The maximum Gasteiger partial charge on any atom is 0.0611 e. The van der Waals surface area contributed by atoms with Crippen molar-refractivity contribution >= 4 is 0 Å². The summed E-state index contributed by atoms with van der Waals surface area (Å²) >= 11 is 0. The summed E-state index contributed by atoms with van der Waals surface area (Å²) in [5, 5.41) is 13.0. The van der Waals surface area contributed by atoms with Gasteiger partial charge in [-0.15, -0.1) is 0 Å². The predicted molar refractivity (Wildman–Crippen MR) is 77.8 cm³/mol. The van der Waals surface area contributed by atoms with Crippen LogP contribution in [0, 0.1) is 5.92 Å². The molecule has 3 nitrogen and oxygen atoms in total. The molecule has 1 heterocycles. The molecule has 0 aromatic rings. The lowest BCUT2D eigenvalue weighted by Crippen LogP contribution is -2.50. The molecule has 2 N–H and O–H groups in total. The molecule has 3 atom stereocenters. The molecule has 18 heavy (non-hydrogen) atoms. The van der Waals surface area contributed by atoms with E-state index >= 15 is 0 Å². The Kier molecular flexibility index (Phi) is 6.61. The van der Waals surface area contributed by atoms with Crippen LogP contribution in [0.1, 0.15) is 53.4 Å². The van der Waals surface area contributed by atoms with Crippen LogP contribution in [0.3, 0.4) is 0 Å². The Hall–Kier alpha value is -0.120. The molecule has 1 saturated heterocycles. The van der Waals surface area contributed by atoms with Crippen molar-refractivity contribution in [2.75, 3.05) is 26.2 Å². The summed E-state index contributed by atoms with van der Waals surface area (Å²) in [6, 6.07) is 0.548. The van der Waals surface area contributed by atoms with E-state index in [4.69, 9.17) is 0 Å². The topological polar surface area (TPSA) is 35.5 Å². The van der Waals surface area contributed by atoms with E-state index < -0.39 is 0 Å². The van der Waals surface area contributed by atoms with Gasteiger partial charge in [-0.05, 0) is 65.1 Å². The van der Waals surface area contributed by atoms with Crippen LogP contribution in [0.25, 0.3) is 0 Å². The second-order valence-corrected chi connectivity index (χ2v) is 6.37. The maximum absolute atomic E-state index is 9.58. The number of likely N-dealkylation sites (tertiary alicyclic amines) is 1. The zero-order valence-corrected chi connectivity index (χ0v) is 12.7. The van der Waals surface area contributed by atoms with E-state index in [-0.39, 0.29) is 12.1 Å². The summed E-state index contributed by atoms with van der Waals surface area (Å²) in [5.74, 6) is 0.875. The summed E-state index contributed by atoms with van der Waals surface area (Å²) in [7, 11) is 0. The molecule has 0 spiro atoms. The van der Waals surface area contributed by atoms with Crippen molar-refractivity contribution < 1.29 is 5.11 Å². The first-order valence-corrected chi connectivity index (χ1v) is 7.60. The molecule has 3 heteroatoms. The molecule has 0 aliphatic carbocycles. The van der Waals surface area contributed by atoms with Gasteiger partial charge in [0, 0.05) is 11.6 Å². The van der Waals surface area contributed by atoms with Gasteiger partial charge in [-0.25, -0.2) is 0 Å². The van der Waals surface area contributed by atoms with Crippen LogP contribution in [0.2, 0.25) is 0 Å². The van der Waals surface area contributed by atoms with Gasteiger partial charge in [0.25, 0.3) is 0 Å². The minimum Gasteiger partial charge on any atom is -0.394 e. The third kappa shape index (κ3) is 4.87. The first-order chi connectivity index (χ1) is 8.50. The largest absolute Gasteiger partial charge is 0.394 e. The summed E-state index contributed by atoms with van der Waals surface area (Å²) in [6.45, 7) is 12.5. The number of aliphatic hydroxyl groups is 1. The normalized spacial score (nSPS) is 27.5. The zero-order chi connectivity index (χ0) is 13.6. The third-order valence-corrected chi connectivity index (χ3v) is 4.37. The average Bonchev–Trinajstić information content (AvgIpc) is 2.54. The number of hydrogen-bond acceptors (Lipinski definition) is 3. The molecule has 0 saturated carbocycles. The summed E-state index contributed by atoms with van der Waals surface area (Å²) in [5.41, 5.74) is -0.133. The molecule has 1 aliphatic heterocycles. The number of nitrogens with one attached hydrogen (secondary N) is 1. The molecule has 0 bridgehead atoms. The number of aliphatic hydroxyl groups excluding tert-OH is 1. The molecule has 1 rings (SSSR count). The monoisotopic (exact) mass is 256 g/mol. The highest BCUT2D eigenvalue weighted by Gasteiger charge is 2.28. The van der Waals surface area contributed by atoms with Gasteiger partial charge in [0.2, 0.25) is 0 Å². The van der Waals surface area contributed by atoms with Gasteiger partial charge >= 0.3 is 0 Å². The van der Waals surface area contributed by atoms with Crippen molar-refractivity contribution in [3.8, 4) is 0 Å². The van der Waals surface area contributed by atoms with Gasteiger partial charge in [0.05, 0.1) is 6.61 Å². The van der Waals surface area contributed by atoms with Crippen LogP contribution in [0.15, 0.2) is 0 Å². The number of likely N-dealkylation sites (N-methyl/N-ethyl adjacent to an activating group) is 1. The van der Waals surface area contributed by atoms with E-state index in [1.165, 1.54) is 32.4 Å². The molecule has 1 aliphatic rings. The number of hydrogen-bond donors (Lipinski definition) is 2. The lowest BCUT2D eigenvalue weighted by atomic mass is 9.93. The van der Waals surface area contributed by atoms with Crippen LogP contribution in [0.4, 0.5) is 0 Å². The standard InChI is InChI=1S/C15H32N2O/c1-5-16-15(4,12-18)11-14(3)17-9-6-7-13(2)8-10-17/h13-14,16,18H,5-12H2,1-4H3. The van der Waals surface area contributed by atoms with Crippen LogP contribution in [-0.2, 0) is 0 Å². The van der Waals surface area contributed by atoms with E-state index in [2.05, 4.69) is 37.9 Å². The zero-order valence-electron chi connectivity index (χ0n) is 12.7. The highest BCUT2D eigenvalue weighted by Crippen LogP contribution is 2.22. The molecular weight excluding hydrogens is 224 g/mol. The van der Waals surface area contributed by atoms with Gasteiger partial charge < -0.3 is 15.3 Å². The quantitative estimate of drug-likeness (QED) is 0.765. The molecule has 0 aromatic carbocycles. The minimum atomic E-state index is -0.133. The number of nitrogens with zero attached hydrogens (tertiary/aromatic N) is 1. The van der Waals surface area contributed by atoms with E-state index in [0.29, 0.717) is 6.04 Å². The maximum atomic E-state index is 9.58. The van der Waals surface area contributed by atoms with Gasteiger partial charge in [-0.1, -0.05) is 13.8 Å². The molecular formula is C15H32N2O. The third-order valence-electron chi connectivity index (χ3n) is 4.37. The molecule has 0 aromatic heterocycles. The second-order valence-electron chi connectivity index (χ2n) is 6.37. The fourth-order valence-electron chi connectivity index (χ4n) is 3.13. The Balaban J connectivity index is 2.49. The lowest BCUT2D eigenvalue weighted by molar-refractivity contribution is 0.117. The van der Waals surface area contributed by atoms with E-state index in [1.807, 2.05) is 0 Å². The summed E-state index contributed by atoms with van der Waals surface area (Å²) in [6.07, 6.45) is 5.03. The fourth-order valence-corrected chi connectivity index (χ4v) is 3.13. The molecule has 3 unspecified atom stereocenters. The molecule has 1 fully saturated rings. The van der Waals surface area contributed by atoms with Crippen molar-refractivity contribution in [3.05, 3.63) is 0 Å². The summed E-state index contributed by atoms with van der Waals surface area (Å²) in [4.78, 5) is 2.61. The second kappa shape index (κ2) is 7.46. The van der Waals surface area contributed by atoms with E-state index in [0.717, 1.165) is 18.9 Å². The highest BCUT2D eigenvalue weighted by atomic mass is 16.3. The van der Waals surface area contributed by atoms with Gasteiger partial charge in [-0.2, -0.15) is 0 Å². The Morgan fingerprint density at radius 2 is 2.11 bits per heavy atom. The van der Waals surface area contributed by atoms with Crippen LogP contribution in [-0.4, -0.2) is 47.8 Å². The first-order valence-electron chi connectivity index (χ1n) is 7.60. The molecule has 0 radical (unpaired) electrons. The van der Waals surface area contributed by atoms with Crippen molar-refractivity contribution in [1.82, 2.24) is 10.2 Å². The molecule has 108 valence electrons. The van der Waals surface area contributed by atoms with E-state index in [1.54, 1.807) is 0 Å². The average molecular weight is 256 g/mol. The Morgan fingerprint density at radius 3 is 2.72 bits per heavy atom. The van der Waals surface area contributed by atoms with Crippen molar-refractivity contribution in [2.45, 2.75) is 65.0 Å². The van der Waals surface area contributed by atoms with Gasteiger partial charge in [-0.3, -0.25) is 0 Å². The van der Waals surface area contributed by atoms with Gasteiger partial charge in [0.1, 0.15) is 0 Å². The van der Waals surface area contributed by atoms with E-state index in [9.17, 15) is 5.11 Å². The van der Waals surface area contributed by atoms with Crippen LogP contribution in [0.5, 0.6) is 0 Å². The SMILES string of the molecule is CCNC(C)(CO)CC(C)N1CCCC(C)CC1. The Morgan fingerprint density at radius 1 is 1.39 bits per heavy atom. The predicted octanol–water partition coefficient (Wildman–Crippen LogP) is 2.25. The smallest absolute Gasteiger partial charge is 0.0611 e. The van der Waals surface area contributed by atoms with Crippen LogP contribution < -0.4 is 5.32 Å². The fraction of sp³-hybridized carbons (Fsp3) is 1.00. The highest BCUT2D eigenvalue weighted by molar-refractivity contribution is 4.87. The Labute approximate surface area is 113 Å². The lowest BCUT2D eigenvalue weighted by Gasteiger charge is -2.36. The van der Waals surface area contributed by atoms with Crippen molar-refractivity contribution in [2.24, 2.45) is 5.92 Å². The summed E-state index contributed by atoms with van der Waals surface area (Å²) < 4.78 is 0. The molecule has 0 amide bonds. The minimum absolute atomic E-state index is 0.133. The Bertz CT molecular complexity index is 235.